The summed E-state index contributed by atoms with van der Waals surface area (Å²) in [5.74, 6) is 0.0415. The standard InChI is InChI=1S/C11H13N3O2S2/c1-2-13-11-14-9(12)10(17-11)18(15,16)8-6-4-3-5-7-8/h3-7H,2,12H2,1H3,(H,13,14). The lowest BCUT2D eigenvalue weighted by atomic mass is 10.4. The van der Waals surface area contributed by atoms with E-state index in [9.17, 15) is 8.42 Å². The quantitative estimate of drug-likeness (QED) is 0.896. The highest BCUT2D eigenvalue weighted by Crippen LogP contribution is 2.33. The minimum Gasteiger partial charge on any atom is -0.382 e. The molecule has 7 heteroatoms. The molecule has 0 saturated heterocycles. The molecule has 0 aliphatic carbocycles. The van der Waals surface area contributed by atoms with Crippen LogP contribution in [-0.4, -0.2) is 19.9 Å². The molecule has 0 aliphatic heterocycles. The van der Waals surface area contributed by atoms with Crippen LogP contribution >= 0.6 is 11.3 Å². The topological polar surface area (TPSA) is 85.1 Å². The van der Waals surface area contributed by atoms with Crippen LogP contribution in [0.5, 0.6) is 0 Å². The highest BCUT2D eigenvalue weighted by Gasteiger charge is 2.24. The molecule has 0 bridgehead atoms. The minimum atomic E-state index is -3.58. The number of nitrogens with zero attached hydrogens (tertiary/aromatic N) is 1. The third-order valence-electron chi connectivity index (χ3n) is 2.25. The zero-order valence-corrected chi connectivity index (χ0v) is 11.4. The van der Waals surface area contributed by atoms with Gasteiger partial charge in [-0.15, -0.1) is 0 Å². The molecule has 1 aromatic carbocycles. The summed E-state index contributed by atoms with van der Waals surface area (Å²) < 4.78 is 24.8. The van der Waals surface area contributed by atoms with E-state index in [0.29, 0.717) is 11.7 Å². The average Bonchev–Trinajstić information content (AvgIpc) is 2.73. The predicted molar refractivity (Wildman–Crippen MR) is 72.6 cm³/mol. The van der Waals surface area contributed by atoms with E-state index in [1.165, 1.54) is 0 Å². The van der Waals surface area contributed by atoms with Gasteiger partial charge in [-0.3, -0.25) is 0 Å². The molecule has 0 amide bonds. The van der Waals surface area contributed by atoms with Crippen molar-refractivity contribution in [2.45, 2.75) is 16.0 Å². The third-order valence-corrected chi connectivity index (χ3v) is 5.57. The molecule has 5 nitrogen and oxygen atoms in total. The molecule has 0 unspecified atom stereocenters. The van der Waals surface area contributed by atoms with E-state index in [2.05, 4.69) is 10.3 Å². The van der Waals surface area contributed by atoms with Gasteiger partial charge >= 0.3 is 0 Å². The Morgan fingerprint density at radius 2 is 2.00 bits per heavy atom. The second-order valence-corrected chi connectivity index (χ2v) is 6.68. The number of hydrogen-bond acceptors (Lipinski definition) is 6. The van der Waals surface area contributed by atoms with Crippen molar-refractivity contribution in [3.05, 3.63) is 30.3 Å². The Labute approximate surface area is 110 Å². The zero-order valence-electron chi connectivity index (χ0n) is 9.75. The molecule has 0 atom stereocenters. The van der Waals surface area contributed by atoms with Gasteiger partial charge in [-0.1, -0.05) is 29.5 Å². The van der Waals surface area contributed by atoms with Crippen LogP contribution in [-0.2, 0) is 9.84 Å². The Bertz CT molecular complexity index is 636. The fraction of sp³-hybridized carbons (Fsp3) is 0.182. The molecule has 0 radical (unpaired) electrons. The maximum absolute atomic E-state index is 12.3. The summed E-state index contributed by atoms with van der Waals surface area (Å²) in [5, 5.41) is 3.47. The van der Waals surface area contributed by atoms with Gasteiger partial charge in [-0.2, -0.15) is 0 Å². The summed E-state index contributed by atoms with van der Waals surface area (Å²) >= 11 is 1.05. The monoisotopic (exact) mass is 283 g/mol. The molecule has 0 spiro atoms. The van der Waals surface area contributed by atoms with Crippen LogP contribution < -0.4 is 11.1 Å². The van der Waals surface area contributed by atoms with E-state index < -0.39 is 9.84 Å². The van der Waals surface area contributed by atoms with E-state index in [0.717, 1.165) is 11.3 Å². The van der Waals surface area contributed by atoms with E-state index in [1.807, 2.05) is 6.92 Å². The van der Waals surface area contributed by atoms with Crippen molar-refractivity contribution in [3.8, 4) is 0 Å². The maximum Gasteiger partial charge on any atom is 0.219 e. The number of hydrogen-bond donors (Lipinski definition) is 2. The van der Waals surface area contributed by atoms with Crippen molar-refractivity contribution in [1.29, 1.82) is 0 Å². The van der Waals surface area contributed by atoms with Crippen molar-refractivity contribution in [2.24, 2.45) is 0 Å². The van der Waals surface area contributed by atoms with Crippen molar-refractivity contribution >= 4 is 32.1 Å². The number of thiazole rings is 1. The summed E-state index contributed by atoms with van der Waals surface area (Å²) in [5.41, 5.74) is 5.68. The molecule has 3 N–H and O–H groups in total. The maximum atomic E-state index is 12.3. The number of anilines is 2. The van der Waals surface area contributed by atoms with Crippen LogP contribution in [0.1, 0.15) is 6.92 Å². The number of nitrogens with two attached hydrogens (primary N) is 1. The summed E-state index contributed by atoms with van der Waals surface area (Å²) in [6, 6.07) is 8.20. The SMILES string of the molecule is CCNc1nc(N)c(S(=O)(=O)c2ccccc2)s1. The Hall–Kier alpha value is -1.60. The number of benzene rings is 1. The van der Waals surface area contributed by atoms with E-state index in [-0.39, 0.29) is 14.9 Å². The van der Waals surface area contributed by atoms with Crippen LogP contribution in [0.3, 0.4) is 0 Å². The Morgan fingerprint density at radius 3 is 2.61 bits per heavy atom. The van der Waals surface area contributed by atoms with Gasteiger partial charge in [-0.05, 0) is 19.1 Å². The molecule has 1 aromatic heterocycles. The molecule has 0 aliphatic rings. The molecule has 18 heavy (non-hydrogen) atoms. The van der Waals surface area contributed by atoms with Crippen LogP contribution in [0.4, 0.5) is 10.9 Å². The first kappa shape index (κ1) is 12.8. The van der Waals surface area contributed by atoms with Crippen LogP contribution in [0.15, 0.2) is 39.4 Å². The number of sulfone groups is 1. The van der Waals surface area contributed by atoms with E-state index in [4.69, 9.17) is 5.73 Å². The van der Waals surface area contributed by atoms with E-state index in [1.54, 1.807) is 30.3 Å². The minimum absolute atomic E-state index is 0.0415. The number of nitrogen functional groups attached to an aromatic ring is 1. The van der Waals surface area contributed by atoms with E-state index >= 15 is 0 Å². The molecule has 0 fully saturated rings. The smallest absolute Gasteiger partial charge is 0.219 e. The van der Waals surface area contributed by atoms with Crippen molar-refractivity contribution in [3.63, 3.8) is 0 Å². The van der Waals surface area contributed by atoms with Gasteiger partial charge in [0, 0.05) is 6.54 Å². The summed E-state index contributed by atoms with van der Waals surface area (Å²) in [6.07, 6.45) is 0. The molecular formula is C11H13N3O2S2. The lowest BCUT2D eigenvalue weighted by Crippen LogP contribution is -2.02. The van der Waals surface area contributed by atoms with Gasteiger partial charge < -0.3 is 11.1 Å². The van der Waals surface area contributed by atoms with Crippen molar-refractivity contribution < 1.29 is 8.42 Å². The lowest BCUT2D eigenvalue weighted by molar-refractivity contribution is 0.598. The molecule has 96 valence electrons. The van der Waals surface area contributed by atoms with Crippen LogP contribution in [0.25, 0.3) is 0 Å². The molecular weight excluding hydrogens is 270 g/mol. The predicted octanol–water partition coefficient (Wildman–Crippen LogP) is 1.99. The van der Waals surface area contributed by atoms with Crippen LogP contribution in [0, 0.1) is 0 Å². The first-order valence-corrected chi connectivity index (χ1v) is 7.66. The lowest BCUT2D eigenvalue weighted by Gasteiger charge is -2.01. The highest BCUT2D eigenvalue weighted by molar-refractivity contribution is 7.93. The Kier molecular flexibility index (Phi) is 3.53. The summed E-state index contributed by atoms with van der Waals surface area (Å²) in [4.78, 5) is 4.22. The zero-order chi connectivity index (χ0) is 13.2. The van der Waals surface area contributed by atoms with Gasteiger partial charge in [0.1, 0.15) is 0 Å². The normalized spacial score (nSPS) is 11.4. The van der Waals surface area contributed by atoms with Gasteiger partial charge in [0.05, 0.1) is 4.90 Å². The molecule has 2 rings (SSSR count). The largest absolute Gasteiger partial charge is 0.382 e. The summed E-state index contributed by atoms with van der Waals surface area (Å²) in [6.45, 7) is 2.57. The summed E-state index contributed by atoms with van der Waals surface area (Å²) in [7, 11) is -3.58. The number of aromatic nitrogens is 1. The first-order valence-electron chi connectivity index (χ1n) is 5.36. The Balaban J connectivity index is 2.48. The molecule has 0 saturated carbocycles. The van der Waals surface area contributed by atoms with Crippen molar-refractivity contribution in [2.75, 3.05) is 17.6 Å². The van der Waals surface area contributed by atoms with Crippen LogP contribution in [0.2, 0.25) is 0 Å². The average molecular weight is 283 g/mol. The first-order chi connectivity index (χ1) is 8.55. The van der Waals surface area contributed by atoms with Gasteiger partial charge in [-0.25, -0.2) is 13.4 Å². The second kappa shape index (κ2) is 4.95. The Morgan fingerprint density at radius 1 is 1.33 bits per heavy atom. The highest BCUT2D eigenvalue weighted by atomic mass is 32.2. The molecule has 1 heterocycles. The fourth-order valence-electron chi connectivity index (χ4n) is 1.44. The fourth-order valence-corrected chi connectivity index (χ4v) is 4.15. The van der Waals surface area contributed by atoms with Gasteiger partial charge in [0.2, 0.25) is 9.84 Å². The van der Waals surface area contributed by atoms with Crippen molar-refractivity contribution in [1.82, 2.24) is 4.98 Å². The van der Waals surface area contributed by atoms with Gasteiger partial charge in [0.25, 0.3) is 0 Å². The number of nitrogens with one attached hydrogen (secondary N) is 1. The molecule has 2 aromatic rings. The van der Waals surface area contributed by atoms with Gasteiger partial charge in [0.15, 0.2) is 15.2 Å². The second-order valence-electron chi connectivity index (χ2n) is 3.54. The number of rotatable bonds is 4. The third kappa shape index (κ3) is 2.32.